The molecule has 0 bridgehead atoms. The fourth-order valence-electron chi connectivity index (χ4n) is 1.92. The molecular formula is C14H24N6O. The average molecular weight is 292 g/mol. The van der Waals surface area contributed by atoms with Crippen molar-refractivity contribution in [1.82, 2.24) is 15.3 Å². The number of likely N-dealkylation sites (N-methyl/N-ethyl adjacent to an activating group) is 1. The quantitative estimate of drug-likeness (QED) is 0.509. The van der Waals surface area contributed by atoms with Gasteiger partial charge in [-0.3, -0.25) is 4.79 Å². The van der Waals surface area contributed by atoms with Crippen molar-refractivity contribution in [3.8, 4) is 0 Å². The van der Waals surface area contributed by atoms with Gasteiger partial charge in [0, 0.05) is 25.6 Å². The Morgan fingerprint density at radius 1 is 1.48 bits per heavy atom. The van der Waals surface area contributed by atoms with Gasteiger partial charge in [-0.15, -0.1) is 0 Å². The Morgan fingerprint density at radius 3 is 2.76 bits per heavy atom. The van der Waals surface area contributed by atoms with Crippen LogP contribution >= 0.6 is 0 Å². The molecule has 2 rings (SSSR count). The SMILES string of the molecule is CC(C)CNC(=O)CN(C)c1cc(NN)nc(C2CC2)n1. The molecule has 4 N–H and O–H groups in total. The summed E-state index contributed by atoms with van der Waals surface area (Å²) in [5.74, 6) is 8.40. The second kappa shape index (κ2) is 6.71. The summed E-state index contributed by atoms with van der Waals surface area (Å²) in [5, 5.41) is 2.90. The monoisotopic (exact) mass is 292 g/mol. The van der Waals surface area contributed by atoms with Crippen LogP contribution in [0.4, 0.5) is 11.6 Å². The van der Waals surface area contributed by atoms with Crippen molar-refractivity contribution < 1.29 is 4.79 Å². The summed E-state index contributed by atoms with van der Waals surface area (Å²) in [5.41, 5.74) is 2.56. The number of nitrogens with zero attached hydrogens (tertiary/aromatic N) is 3. The second-order valence-corrected chi connectivity index (χ2v) is 5.94. The van der Waals surface area contributed by atoms with Crippen molar-refractivity contribution in [2.75, 3.05) is 30.5 Å². The molecule has 7 nitrogen and oxygen atoms in total. The molecule has 0 unspecified atom stereocenters. The fraction of sp³-hybridized carbons (Fsp3) is 0.643. The maximum atomic E-state index is 11.9. The predicted octanol–water partition coefficient (Wildman–Crippen LogP) is 0.848. The minimum absolute atomic E-state index is 0.0139. The van der Waals surface area contributed by atoms with Crippen LogP contribution in [0.5, 0.6) is 0 Å². The first kappa shape index (κ1) is 15.5. The first-order chi connectivity index (χ1) is 9.99. The van der Waals surface area contributed by atoms with Gasteiger partial charge in [0.1, 0.15) is 17.5 Å². The van der Waals surface area contributed by atoms with Crippen LogP contribution in [0.25, 0.3) is 0 Å². The highest BCUT2D eigenvalue weighted by molar-refractivity contribution is 5.81. The van der Waals surface area contributed by atoms with Gasteiger partial charge in [0.2, 0.25) is 5.91 Å². The molecule has 1 aliphatic carbocycles. The smallest absolute Gasteiger partial charge is 0.239 e. The lowest BCUT2D eigenvalue weighted by Gasteiger charge is -2.19. The fourth-order valence-corrected chi connectivity index (χ4v) is 1.92. The summed E-state index contributed by atoms with van der Waals surface area (Å²) in [6.07, 6.45) is 2.23. The topological polar surface area (TPSA) is 96.2 Å². The number of hydrogen-bond acceptors (Lipinski definition) is 6. The lowest BCUT2D eigenvalue weighted by Crippen LogP contribution is -2.37. The van der Waals surface area contributed by atoms with Crippen molar-refractivity contribution in [2.24, 2.45) is 11.8 Å². The Bertz CT molecular complexity index is 500. The molecule has 1 aromatic heterocycles. The third kappa shape index (κ3) is 4.56. The standard InChI is InChI=1S/C14H24N6O/c1-9(2)7-16-13(21)8-20(3)12-6-11(19-15)17-14(18-12)10-4-5-10/h6,9-10H,4-5,7-8,15H2,1-3H3,(H,16,21)(H,17,18,19). The highest BCUT2D eigenvalue weighted by atomic mass is 16.2. The van der Waals surface area contributed by atoms with Crippen LogP contribution in [-0.2, 0) is 4.79 Å². The molecule has 0 saturated heterocycles. The number of hydrogen-bond donors (Lipinski definition) is 3. The normalized spacial score (nSPS) is 14.1. The van der Waals surface area contributed by atoms with Gasteiger partial charge in [0.05, 0.1) is 6.54 Å². The lowest BCUT2D eigenvalue weighted by atomic mass is 10.2. The largest absolute Gasteiger partial charge is 0.354 e. The number of amides is 1. The van der Waals surface area contributed by atoms with E-state index in [2.05, 4.69) is 34.6 Å². The van der Waals surface area contributed by atoms with Crippen molar-refractivity contribution in [3.63, 3.8) is 0 Å². The van der Waals surface area contributed by atoms with Crippen LogP contribution in [0.1, 0.15) is 38.4 Å². The van der Waals surface area contributed by atoms with Crippen LogP contribution in [0.15, 0.2) is 6.07 Å². The maximum absolute atomic E-state index is 11.9. The third-order valence-electron chi connectivity index (χ3n) is 3.30. The van der Waals surface area contributed by atoms with Crippen molar-refractivity contribution in [1.29, 1.82) is 0 Å². The zero-order valence-electron chi connectivity index (χ0n) is 12.9. The summed E-state index contributed by atoms with van der Waals surface area (Å²) >= 11 is 0. The van der Waals surface area contributed by atoms with E-state index in [0.717, 1.165) is 18.7 Å². The number of nitrogens with two attached hydrogens (primary N) is 1. The molecule has 1 fully saturated rings. The van der Waals surface area contributed by atoms with E-state index in [9.17, 15) is 4.79 Å². The highest BCUT2D eigenvalue weighted by Crippen LogP contribution is 2.39. The van der Waals surface area contributed by atoms with Crippen LogP contribution in [0, 0.1) is 5.92 Å². The van der Waals surface area contributed by atoms with Crippen LogP contribution in [-0.4, -0.2) is 36.0 Å². The van der Waals surface area contributed by atoms with E-state index in [0.29, 0.717) is 30.0 Å². The summed E-state index contributed by atoms with van der Waals surface area (Å²) in [7, 11) is 1.84. The van der Waals surface area contributed by atoms with E-state index in [1.54, 1.807) is 6.07 Å². The number of anilines is 2. The van der Waals surface area contributed by atoms with E-state index in [1.807, 2.05) is 11.9 Å². The van der Waals surface area contributed by atoms with E-state index < -0.39 is 0 Å². The molecule has 21 heavy (non-hydrogen) atoms. The molecule has 1 saturated carbocycles. The maximum Gasteiger partial charge on any atom is 0.239 e. The molecular weight excluding hydrogens is 268 g/mol. The van der Waals surface area contributed by atoms with E-state index >= 15 is 0 Å². The lowest BCUT2D eigenvalue weighted by molar-refractivity contribution is -0.119. The Morgan fingerprint density at radius 2 is 2.19 bits per heavy atom. The van der Waals surface area contributed by atoms with Crippen molar-refractivity contribution in [3.05, 3.63) is 11.9 Å². The van der Waals surface area contributed by atoms with Crippen LogP contribution < -0.4 is 21.5 Å². The average Bonchev–Trinajstić information content (AvgIpc) is 3.29. The number of rotatable bonds is 7. The Labute approximate surface area is 125 Å². The first-order valence-electron chi connectivity index (χ1n) is 7.33. The number of carbonyl (C=O) groups excluding carboxylic acids is 1. The minimum Gasteiger partial charge on any atom is -0.354 e. The Kier molecular flexibility index (Phi) is 4.95. The van der Waals surface area contributed by atoms with Gasteiger partial charge in [-0.05, 0) is 18.8 Å². The predicted molar refractivity (Wildman–Crippen MR) is 82.9 cm³/mol. The molecule has 0 aliphatic heterocycles. The molecule has 0 radical (unpaired) electrons. The minimum atomic E-state index is -0.0139. The van der Waals surface area contributed by atoms with E-state index in [1.165, 1.54) is 0 Å². The summed E-state index contributed by atoms with van der Waals surface area (Å²) in [6.45, 7) is 5.07. The molecule has 1 aliphatic rings. The van der Waals surface area contributed by atoms with E-state index in [-0.39, 0.29) is 12.5 Å². The molecule has 1 amide bonds. The Hall–Kier alpha value is -1.89. The molecule has 1 heterocycles. The van der Waals surface area contributed by atoms with Crippen molar-refractivity contribution in [2.45, 2.75) is 32.6 Å². The Balaban J connectivity index is 2.02. The number of carbonyl (C=O) groups is 1. The first-order valence-corrected chi connectivity index (χ1v) is 7.33. The molecule has 7 heteroatoms. The van der Waals surface area contributed by atoms with Gasteiger partial charge in [-0.25, -0.2) is 15.8 Å². The van der Waals surface area contributed by atoms with E-state index in [4.69, 9.17) is 5.84 Å². The second-order valence-electron chi connectivity index (χ2n) is 5.94. The van der Waals surface area contributed by atoms with Crippen LogP contribution in [0.2, 0.25) is 0 Å². The van der Waals surface area contributed by atoms with Gasteiger partial charge < -0.3 is 15.6 Å². The number of aromatic nitrogens is 2. The summed E-state index contributed by atoms with van der Waals surface area (Å²) in [4.78, 5) is 22.6. The van der Waals surface area contributed by atoms with Crippen molar-refractivity contribution >= 4 is 17.5 Å². The number of hydrazine groups is 1. The zero-order valence-corrected chi connectivity index (χ0v) is 12.9. The summed E-state index contributed by atoms with van der Waals surface area (Å²) < 4.78 is 0. The molecule has 0 aromatic carbocycles. The molecule has 1 aromatic rings. The van der Waals surface area contributed by atoms with Gasteiger partial charge in [0.25, 0.3) is 0 Å². The molecule has 0 atom stereocenters. The highest BCUT2D eigenvalue weighted by Gasteiger charge is 2.27. The van der Waals surface area contributed by atoms with Gasteiger partial charge in [-0.2, -0.15) is 0 Å². The van der Waals surface area contributed by atoms with Gasteiger partial charge >= 0.3 is 0 Å². The molecule has 116 valence electrons. The van der Waals surface area contributed by atoms with Crippen LogP contribution in [0.3, 0.4) is 0 Å². The van der Waals surface area contributed by atoms with Gasteiger partial charge in [-0.1, -0.05) is 13.8 Å². The number of nitrogen functional groups attached to an aromatic ring is 1. The third-order valence-corrected chi connectivity index (χ3v) is 3.30. The zero-order chi connectivity index (χ0) is 15.4. The number of nitrogens with one attached hydrogen (secondary N) is 2. The summed E-state index contributed by atoms with van der Waals surface area (Å²) in [6, 6.07) is 1.75. The molecule has 0 spiro atoms. The van der Waals surface area contributed by atoms with Gasteiger partial charge in [0.15, 0.2) is 0 Å².